The quantitative estimate of drug-likeness (QED) is 0.765. The topological polar surface area (TPSA) is 29.3 Å². The van der Waals surface area contributed by atoms with Crippen LogP contribution in [0.5, 0.6) is 0 Å². The van der Waals surface area contributed by atoms with E-state index in [1.807, 2.05) is 0 Å². The zero-order valence-corrected chi connectivity index (χ0v) is 10.6. The summed E-state index contributed by atoms with van der Waals surface area (Å²) in [6, 6.07) is 8.90. The second kappa shape index (κ2) is 7.29. The molecule has 0 aliphatic rings. The van der Waals surface area contributed by atoms with Crippen molar-refractivity contribution in [1.82, 2.24) is 0 Å². The van der Waals surface area contributed by atoms with Gasteiger partial charge in [0.2, 0.25) is 0 Å². The maximum absolute atomic E-state index is 5.51. The first kappa shape index (κ1) is 13.0. The average molecular weight is 220 g/mol. The molecule has 0 amide bonds. The number of aryl methyl sites for hydroxylation is 1. The number of hydrogen-bond acceptors (Lipinski definition) is 2. The Hall–Kier alpha value is -1.02. The molecule has 0 unspecified atom stereocenters. The summed E-state index contributed by atoms with van der Waals surface area (Å²) in [5, 5.41) is 0. The van der Waals surface area contributed by atoms with Crippen LogP contribution in [0.3, 0.4) is 0 Å². The summed E-state index contributed by atoms with van der Waals surface area (Å²) in [4.78, 5) is 2.26. The maximum atomic E-state index is 5.51. The zero-order valence-electron chi connectivity index (χ0n) is 10.6. The first-order valence-corrected chi connectivity index (χ1v) is 6.28. The van der Waals surface area contributed by atoms with Crippen molar-refractivity contribution in [3.63, 3.8) is 0 Å². The zero-order chi connectivity index (χ0) is 11.8. The summed E-state index contributed by atoms with van der Waals surface area (Å²) >= 11 is 0. The molecule has 2 N–H and O–H groups in total. The minimum atomic E-state index is 0.763. The Morgan fingerprint density at radius 2 is 1.81 bits per heavy atom. The molecule has 0 aliphatic heterocycles. The Morgan fingerprint density at radius 3 is 2.38 bits per heavy atom. The molecule has 0 atom stereocenters. The summed E-state index contributed by atoms with van der Waals surface area (Å²) in [6.45, 7) is 4.03. The molecule has 0 saturated heterocycles. The maximum Gasteiger partial charge on any atom is 0.0363 e. The first-order chi connectivity index (χ1) is 7.77. The minimum Gasteiger partial charge on any atom is -0.375 e. The van der Waals surface area contributed by atoms with Crippen LogP contribution in [0.25, 0.3) is 0 Å². The van der Waals surface area contributed by atoms with Crippen molar-refractivity contribution in [2.24, 2.45) is 5.73 Å². The van der Waals surface area contributed by atoms with Crippen molar-refractivity contribution in [3.8, 4) is 0 Å². The molecular weight excluding hydrogens is 196 g/mol. The molecule has 0 saturated carbocycles. The lowest BCUT2D eigenvalue weighted by atomic mass is 10.1. The summed E-state index contributed by atoms with van der Waals surface area (Å²) < 4.78 is 0. The second-order valence-electron chi connectivity index (χ2n) is 4.33. The third kappa shape index (κ3) is 4.23. The number of benzene rings is 1. The Morgan fingerprint density at radius 1 is 1.12 bits per heavy atom. The number of unbranched alkanes of at least 4 members (excludes halogenated alkanes) is 1. The summed E-state index contributed by atoms with van der Waals surface area (Å²) in [5.41, 5.74) is 8.24. The van der Waals surface area contributed by atoms with E-state index in [4.69, 9.17) is 5.73 Å². The molecule has 0 heterocycles. The molecule has 0 fully saturated rings. The van der Waals surface area contributed by atoms with E-state index in [1.165, 1.54) is 30.5 Å². The van der Waals surface area contributed by atoms with Gasteiger partial charge < -0.3 is 10.6 Å². The monoisotopic (exact) mass is 220 g/mol. The highest BCUT2D eigenvalue weighted by Crippen LogP contribution is 2.15. The molecule has 0 spiro atoms. The Balaban J connectivity index is 2.49. The molecule has 0 radical (unpaired) electrons. The van der Waals surface area contributed by atoms with E-state index < -0.39 is 0 Å². The molecule has 16 heavy (non-hydrogen) atoms. The van der Waals surface area contributed by atoms with Crippen molar-refractivity contribution in [3.05, 3.63) is 29.8 Å². The van der Waals surface area contributed by atoms with Gasteiger partial charge in [0.05, 0.1) is 0 Å². The van der Waals surface area contributed by atoms with E-state index in [-0.39, 0.29) is 0 Å². The van der Waals surface area contributed by atoms with Crippen LogP contribution in [0.15, 0.2) is 24.3 Å². The summed E-state index contributed by atoms with van der Waals surface area (Å²) in [6.07, 6.45) is 4.79. The van der Waals surface area contributed by atoms with E-state index in [0.29, 0.717) is 0 Å². The normalized spacial score (nSPS) is 10.4. The van der Waals surface area contributed by atoms with Gasteiger partial charge in [-0.25, -0.2) is 0 Å². The Labute approximate surface area is 99.5 Å². The van der Waals surface area contributed by atoms with Crippen LogP contribution in [0.2, 0.25) is 0 Å². The number of nitrogens with two attached hydrogens (primary N) is 1. The van der Waals surface area contributed by atoms with Crippen molar-refractivity contribution in [2.75, 3.05) is 25.0 Å². The van der Waals surface area contributed by atoms with Gasteiger partial charge in [-0.15, -0.1) is 0 Å². The average Bonchev–Trinajstić information content (AvgIpc) is 2.34. The van der Waals surface area contributed by atoms with Crippen LogP contribution in [-0.2, 0) is 6.42 Å². The van der Waals surface area contributed by atoms with E-state index >= 15 is 0 Å². The molecule has 0 bridgehead atoms. The highest BCUT2D eigenvalue weighted by atomic mass is 15.1. The summed E-state index contributed by atoms with van der Waals surface area (Å²) in [5.74, 6) is 0. The second-order valence-corrected chi connectivity index (χ2v) is 4.33. The van der Waals surface area contributed by atoms with Crippen LogP contribution in [0, 0.1) is 0 Å². The van der Waals surface area contributed by atoms with Gasteiger partial charge >= 0.3 is 0 Å². The molecule has 0 aromatic heterocycles. The standard InChI is InChI=1S/C14H24N2/c1-3-4-6-13-7-9-14(10-8-13)16(2)12-5-11-15/h7-10H,3-6,11-12,15H2,1-2H3. The van der Waals surface area contributed by atoms with Gasteiger partial charge in [-0.2, -0.15) is 0 Å². The number of rotatable bonds is 7. The fourth-order valence-electron chi connectivity index (χ4n) is 1.76. The van der Waals surface area contributed by atoms with Gasteiger partial charge in [0.1, 0.15) is 0 Å². The largest absolute Gasteiger partial charge is 0.375 e. The Bertz CT molecular complexity index is 279. The van der Waals surface area contributed by atoms with Crippen LogP contribution in [0.1, 0.15) is 31.7 Å². The Kier molecular flexibility index (Phi) is 5.94. The fraction of sp³-hybridized carbons (Fsp3) is 0.571. The van der Waals surface area contributed by atoms with Gasteiger partial charge in [-0.1, -0.05) is 25.5 Å². The highest BCUT2D eigenvalue weighted by Gasteiger charge is 1.99. The molecule has 1 aromatic rings. The lowest BCUT2D eigenvalue weighted by Gasteiger charge is -2.19. The molecule has 2 nitrogen and oxygen atoms in total. The molecule has 1 rings (SSSR count). The predicted molar refractivity (Wildman–Crippen MR) is 72.0 cm³/mol. The molecule has 1 aromatic carbocycles. The van der Waals surface area contributed by atoms with E-state index in [2.05, 4.69) is 43.1 Å². The SMILES string of the molecule is CCCCc1ccc(N(C)CCCN)cc1. The third-order valence-corrected chi connectivity index (χ3v) is 2.89. The van der Waals surface area contributed by atoms with Crippen LogP contribution >= 0.6 is 0 Å². The fourth-order valence-corrected chi connectivity index (χ4v) is 1.76. The van der Waals surface area contributed by atoms with Crippen molar-refractivity contribution >= 4 is 5.69 Å². The molecule has 90 valence electrons. The van der Waals surface area contributed by atoms with Crippen LogP contribution in [-0.4, -0.2) is 20.1 Å². The van der Waals surface area contributed by atoms with Crippen molar-refractivity contribution < 1.29 is 0 Å². The van der Waals surface area contributed by atoms with Crippen LogP contribution < -0.4 is 10.6 Å². The number of nitrogens with zero attached hydrogens (tertiary/aromatic N) is 1. The first-order valence-electron chi connectivity index (χ1n) is 6.28. The third-order valence-electron chi connectivity index (χ3n) is 2.89. The lowest BCUT2D eigenvalue weighted by molar-refractivity contribution is 0.789. The van der Waals surface area contributed by atoms with E-state index in [1.54, 1.807) is 0 Å². The number of anilines is 1. The van der Waals surface area contributed by atoms with Gasteiger partial charge in [-0.3, -0.25) is 0 Å². The smallest absolute Gasteiger partial charge is 0.0363 e. The van der Waals surface area contributed by atoms with Crippen molar-refractivity contribution in [1.29, 1.82) is 0 Å². The highest BCUT2D eigenvalue weighted by molar-refractivity contribution is 5.46. The van der Waals surface area contributed by atoms with Gasteiger partial charge in [0.15, 0.2) is 0 Å². The van der Waals surface area contributed by atoms with Crippen LogP contribution in [0.4, 0.5) is 5.69 Å². The van der Waals surface area contributed by atoms with Gasteiger partial charge in [-0.05, 0) is 43.5 Å². The van der Waals surface area contributed by atoms with E-state index in [0.717, 1.165) is 19.5 Å². The van der Waals surface area contributed by atoms with E-state index in [9.17, 15) is 0 Å². The summed E-state index contributed by atoms with van der Waals surface area (Å²) in [7, 11) is 2.12. The molecule has 2 heteroatoms. The van der Waals surface area contributed by atoms with Crippen molar-refractivity contribution in [2.45, 2.75) is 32.6 Å². The molecule has 0 aliphatic carbocycles. The van der Waals surface area contributed by atoms with Gasteiger partial charge in [0, 0.05) is 19.3 Å². The number of hydrogen-bond donors (Lipinski definition) is 1. The minimum absolute atomic E-state index is 0.763. The molecular formula is C14H24N2. The van der Waals surface area contributed by atoms with Gasteiger partial charge in [0.25, 0.3) is 0 Å². The lowest BCUT2D eigenvalue weighted by Crippen LogP contribution is -2.20. The predicted octanol–water partition coefficient (Wildman–Crippen LogP) is 2.81.